The Morgan fingerprint density at radius 2 is 1.93 bits per heavy atom. The molecule has 1 aromatic heterocycles. The molecule has 1 heterocycles. The van der Waals surface area contributed by atoms with E-state index in [4.69, 9.17) is 4.84 Å². The molecule has 5 nitrogen and oxygen atoms in total. The Morgan fingerprint density at radius 1 is 1.36 bits per heavy atom. The van der Waals surface area contributed by atoms with E-state index in [0.29, 0.717) is 0 Å². The third kappa shape index (κ3) is 2.62. The van der Waals surface area contributed by atoms with Crippen molar-refractivity contribution in [3.05, 3.63) is 24.5 Å². The quantitative estimate of drug-likeness (QED) is 0.503. The number of rotatable bonds is 2. The Morgan fingerprint density at radius 3 is 2.36 bits per heavy atom. The molecule has 0 fully saturated rings. The summed E-state index contributed by atoms with van der Waals surface area (Å²) in [5.41, 5.74) is 1.02. The zero-order valence-corrected chi connectivity index (χ0v) is 8.43. The molecule has 0 amide bonds. The van der Waals surface area contributed by atoms with Crippen LogP contribution in [0, 0.1) is 0 Å². The van der Waals surface area contributed by atoms with Gasteiger partial charge in [-0.2, -0.15) is 4.79 Å². The van der Waals surface area contributed by atoms with Crippen LogP contribution in [0.25, 0.3) is 0 Å². The fourth-order valence-electron chi connectivity index (χ4n) is 0.887. The van der Waals surface area contributed by atoms with Gasteiger partial charge in [0.2, 0.25) is 12.4 Å². The molecule has 0 saturated carbocycles. The minimum absolute atomic E-state index is 0.743. The molecule has 5 heteroatoms. The van der Waals surface area contributed by atoms with E-state index in [-0.39, 0.29) is 0 Å². The lowest BCUT2D eigenvalue weighted by Crippen LogP contribution is -2.45. The van der Waals surface area contributed by atoms with E-state index >= 15 is 0 Å². The summed E-state index contributed by atoms with van der Waals surface area (Å²) in [5, 5.41) is 0. The second-order valence-electron chi connectivity index (χ2n) is 2.86. The summed E-state index contributed by atoms with van der Waals surface area (Å²) >= 11 is 0. The molecule has 14 heavy (non-hydrogen) atoms. The van der Waals surface area contributed by atoms with Crippen molar-refractivity contribution in [3.8, 4) is 0 Å². The van der Waals surface area contributed by atoms with Gasteiger partial charge in [-0.1, -0.05) is 0 Å². The van der Waals surface area contributed by atoms with Crippen molar-refractivity contribution >= 4 is 11.8 Å². The summed E-state index contributed by atoms with van der Waals surface area (Å²) in [7, 11) is 5.12. The Balaban J connectivity index is 2.69. The van der Waals surface area contributed by atoms with Gasteiger partial charge in [-0.25, -0.2) is 0 Å². The van der Waals surface area contributed by atoms with Crippen LogP contribution in [-0.4, -0.2) is 27.4 Å². The molecule has 0 unspecified atom stereocenters. The van der Waals surface area contributed by atoms with Crippen LogP contribution in [0.3, 0.4) is 0 Å². The molecule has 0 aliphatic carbocycles. The number of anilines is 1. The van der Waals surface area contributed by atoms with Crippen LogP contribution in [0.4, 0.5) is 10.5 Å². The number of methoxy groups -OCH3 is 1. The molecule has 0 N–H and O–H groups in total. The molecule has 76 valence electrons. The number of carbonyl (C=O) groups excluding carboxylic acids is 1. The van der Waals surface area contributed by atoms with E-state index in [1.807, 2.05) is 31.1 Å². The van der Waals surface area contributed by atoms with Crippen LogP contribution >= 0.6 is 0 Å². The Kier molecular flexibility index (Phi) is 3.28. The summed E-state index contributed by atoms with van der Waals surface area (Å²) in [6.07, 6.45) is 2.52. The van der Waals surface area contributed by atoms with Gasteiger partial charge in [0.05, 0.1) is 7.11 Å². The lowest BCUT2D eigenvalue weighted by Gasteiger charge is -2.09. The van der Waals surface area contributed by atoms with E-state index in [0.717, 1.165) is 5.69 Å². The van der Waals surface area contributed by atoms with E-state index in [1.54, 1.807) is 12.4 Å². The minimum Gasteiger partial charge on any atom is -0.434 e. The maximum Gasteiger partial charge on any atom is 0.571 e. The van der Waals surface area contributed by atoms with Crippen molar-refractivity contribution < 1.29 is 19.1 Å². The summed E-state index contributed by atoms with van der Waals surface area (Å²) in [6, 6.07) is 3.64. The van der Waals surface area contributed by atoms with Crippen LogP contribution in [0.2, 0.25) is 0 Å². The molecular weight excluding hydrogens is 184 g/mol. The second kappa shape index (κ2) is 4.45. The molecule has 0 radical (unpaired) electrons. The molecule has 0 aliphatic heterocycles. The smallest absolute Gasteiger partial charge is 0.434 e. The number of carbonyl (C=O) groups is 1. The molecule has 0 saturated heterocycles. The van der Waals surface area contributed by atoms with Crippen molar-refractivity contribution in [2.45, 2.75) is 0 Å². The van der Waals surface area contributed by atoms with Crippen LogP contribution in [-0.2, 0) is 4.74 Å². The van der Waals surface area contributed by atoms with Gasteiger partial charge in [-0.05, 0) is 0 Å². The van der Waals surface area contributed by atoms with E-state index < -0.39 is 6.16 Å². The van der Waals surface area contributed by atoms with Gasteiger partial charge < -0.3 is 9.64 Å². The molecule has 1 aromatic rings. The molecule has 0 aromatic carbocycles. The van der Waals surface area contributed by atoms with Crippen LogP contribution in [0.15, 0.2) is 24.5 Å². The monoisotopic (exact) mass is 197 g/mol. The molecule has 0 spiro atoms. The Labute approximate surface area is 82.4 Å². The van der Waals surface area contributed by atoms with Crippen molar-refractivity contribution in [2.24, 2.45) is 0 Å². The highest BCUT2D eigenvalue weighted by Gasteiger charge is 2.10. The van der Waals surface area contributed by atoms with Gasteiger partial charge >= 0.3 is 6.16 Å². The SMILES string of the molecule is COC(=O)O[n+]1ccc(N(C)C)cc1. The standard InChI is InChI=1S/C9H13N2O3/c1-10(2)8-4-6-11(7-5-8)14-9(12)13-3/h4-7H,1-3H3/q+1. The highest BCUT2D eigenvalue weighted by molar-refractivity contribution is 5.58. The first-order chi connectivity index (χ1) is 6.63. The van der Waals surface area contributed by atoms with Crippen LogP contribution in [0.5, 0.6) is 0 Å². The average molecular weight is 197 g/mol. The number of nitrogens with zero attached hydrogens (tertiary/aromatic N) is 2. The number of hydrogen-bond acceptors (Lipinski definition) is 4. The highest BCUT2D eigenvalue weighted by Crippen LogP contribution is 2.05. The Bertz CT molecular complexity index is 308. The summed E-state index contributed by atoms with van der Waals surface area (Å²) < 4.78 is 5.62. The van der Waals surface area contributed by atoms with Crippen molar-refractivity contribution in [3.63, 3.8) is 0 Å². The number of hydrogen-bond donors (Lipinski definition) is 0. The van der Waals surface area contributed by atoms with E-state index in [2.05, 4.69) is 4.74 Å². The second-order valence-corrected chi connectivity index (χ2v) is 2.86. The highest BCUT2D eigenvalue weighted by atomic mass is 16.8. The van der Waals surface area contributed by atoms with Crippen molar-refractivity contribution in [1.29, 1.82) is 0 Å². The number of aromatic nitrogens is 1. The molecule has 0 bridgehead atoms. The summed E-state index contributed by atoms with van der Waals surface area (Å²) in [4.78, 5) is 17.4. The predicted octanol–water partition coefficient (Wildman–Crippen LogP) is 0.235. The molecular formula is C9H13N2O3+. The first-order valence-corrected chi connectivity index (χ1v) is 4.08. The van der Waals surface area contributed by atoms with Crippen LogP contribution < -0.4 is 14.5 Å². The van der Waals surface area contributed by atoms with Gasteiger partial charge in [0, 0.05) is 36.6 Å². The zero-order valence-electron chi connectivity index (χ0n) is 8.43. The Hall–Kier alpha value is -1.78. The summed E-state index contributed by atoms with van der Waals surface area (Å²) in [6.45, 7) is 0. The van der Waals surface area contributed by atoms with Gasteiger partial charge in [0.25, 0.3) is 0 Å². The molecule has 1 rings (SSSR count). The van der Waals surface area contributed by atoms with Crippen molar-refractivity contribution in [2.75, 3.05) is 26.1 Å². The summed E-state index contributed by atoms with van der Waals surface area (Å²) in [5.74, 6) is 0. The van der Waals surface area contributed by atoms with E-state index in [1.165, 1.54) is 11.8 Å². The van der Waals surface area contributed by atoms with Gasteiger partial charge in [-0.15, -0.1) is 4.84 Å². The first kappa shape index (κ1) is 10.3. The van der Waals surface area contributed by atoms with Gasteiger partial charge in [-0.3, -0.25) is 0 Å². The van der Waals surface area contributed by atoms with Crippen LogP contribution in [0.1, 0.15) is 0 Å². The third-order valence-corrected chi connectivity index (χ3v) is 1.65. The first-order valence-electron chi connectivity index (χ1n) is 4.08. The minimum atomic E-state index is -0.743. The van der Waals surface area contributed by atoms with Crippen molar-refractivity contribution in [1.82, 2.24) is 0 Å². The maximum absolute atomic E-state index is 10.7. The van der Waals surface area contributed by atoms with Gasteiger partial charge in [0.1, 0.15) is 0 Å². The lowest BCUT2D eigenvalue weighted by atomic mass is 10.4. The van der Waals surface area contributed by atoms with E-state index in [9.17, 15) is 4.79 Å². The van der Waals surface area contributed by atoms with Gasteiger partial charge in [0.15, 0.2) is 0 Å². The normalized spacial score (nSPS) is 9.36. The molecule has 0 atom stereocenters. The number of ether oxygens (including phenoxy) is 1. The zero-order chi connectivity index (χ0) is 10.6. The average Bonchev–Trinajstić information content (AvgIpc) is 2.18. The maximum atomic E-state index is 10.7. The lowest BCUT2D eigenvalue weighted by molar-refractivity contribution is -0.870. The predicted molar refractivity (Wildman–Crippen MR) is 49.9 cm³/mol. The topological polar surface area (TPSA) is 42.7 Å². The fourth-order valence-corrected chi connectivity index (χ4v) is 0.887. The number of pyridine rings is 1. The third-order valence-electron chi connectivity index (χ3n) is 1.65. The largest absolute Gasteiger partial charge is 0.571 e. The molecule has 0 aliphatic rings. The fraction of sp³-hybridized carbons (Fsp3) is 0.333.